The van der Waals surface area contributed by atoms with E-state index >= 15 is 8.78 Å². The number of nitrogens with zero attached hydrogens (tertiary/aromatic N) is 1. The number of carboxylic acids is 1. The minimum Gasteiger partial charge on any atom is -0.480 e. The molecule has 1 aliphatic rings. The van der Waals surface area contributed by atoms with E-state index < -0.39 is 69.3 Å². The van der Waals surface area contributed by atoms with E-state index in [1.165, 1.54) is 0 Å². The molecule has 1 atom stereocenters. The number of carboxylic acid groups (broad SMARTS) is 1. The fraction of sp³-hybridized carbons (Fsp3) is 0.321. The molecule has 39 heavy (non-hydrogen) atoms. The lowest BCUT2D eigenvalue weighted by Crippen LogP contribution is -2.44. The van der Waals surface area contributed by atoms with Crippen molar-refractivity contribution in [3.05, 3.63) is 92.8 Å². The number of benzene rings is 2. The number of ketones is 1. The molecule has 1 heterocycles. The van der Waals surface area contributed by atoms with E-state index in [9.17, 15) is 28.3 Å². The number of carbonyl (C=O) groups excluding carboxylic acids is 1. The number of aliphatic carboxylic acids is 1. The number of aromatic nitrogens is 1. The van der Waals surface area contributed by atoms with Crippen LogP contribution < -0.4 is 16.6 Å². The average molecular weight is 546 g/mol. The Labute approximate surface area is 221 Å². The molecule has 0 saturated heterocycles. The van der Waals surface area contributed by atoms with Gasteiger partial charge < -0.3 is 16.2 Å². The monoisotopic (exact) mass is 545 g/mol. The summed E-state index contributed by atoms with van der Waals surface area (Å²) in [6.45, 7) is 0.154. The number of hydrogen-bond donors (Lipinski definition) is 3. The van der Waals surface area contributed by atoms with Gasteiger partial charge >= 0.3 is 5.97 Å². The van der Waals surface area contributed by atoms with Crippen molar-refractivity contribution in [2.45, 2.75) is 44.6 Å². The van der Waals surface area contributed by atoms with Crippen molar-refractivity contribution in [2.24, 2.45) is 5.92 Å². The maximum Gasteiger partial charge on any atom is 0.320 e. The average Bonchev–Trinajstić information content (AvgIpc) is 2.88. The fourth-order valence-electron chi connectivity index (χ4n) is 5.07. The first kappa shape index (κ1) is 28.0. The molecule has 4 N–H and O–H groups in total. The third-order valence-electron chi connectivity index (χ3n) is 7.02. The molecule has 11 heteroatoms. The molecule has 0 amide bonds. The molecule has 7 nitrogen and oxygen atoms in total. The number of halogens is 4. The summed E-state index contributed by atoms with van der Waals surface area (Å²) in [4.78, 5) is 37.1. The van der Waals surface area contributed by atoms with Crippen LogP contribution in [0.2, 0.25) is 0 Å². The van der Waals surface area contributed by atoms with Crippen molar-refractivity contribution in [1.29, 1.82) is 0 Å². The molecule has 1 saturated carbocycles. The predicted octanol–water partition coefficient (Wildman–Crippen LogP) is 4.37. The van der Waals surface area contributed by atoms with Crippen molar-refractivity contribution in [1.82, 2.24) is 9.88 Å². The number of rotatable bonds is 9. The van der Waals surface area contributed by atoms with Gasteiger partial charge in [0.25, 0.3) is 5.56 Å². The van der Waals surface area contributed by atoms with E-state index in [-0.39, 0.29) is 24.4 Å². The molecule has 3 aromatic rings. The topological polar surface area (TPSA) is 114 Å². The fourth-order valence-corrected chi connectivity index (χ4v) is 5.07. The SMILES string of the molecule is Nc1c(C(=O)c2ccc(F)cc2F)ccc(=O)n1-c1c(F)cc(CCN[C@H](C(=O)O)C2CCCCC2)cc1F. The first-order chi connectivity index (χ1) is 18.6. The number of pyridine rings is 1. The van der Waals surface area contributed by atoms with Crippen LogP contribution >= 0.6 is 0 Å². The number of nitrogen functional groups attached to an aromatic ring is 1. The third kappa shape index (κ3) is 6.03. The van der Waals surface area contributed by atoms with Crippen LogP contribution in [0.1, 0.15) is 53.6 Å². The summed E-state index contributed by atoms with van der Waals surface area (Å²) >= 11 is 0. The Hall–Kier alpha value is -3.99. The maximum atomic E-state index is 15.2. The number of hydrogen-bond acceptors (Lipinski definition) is 5. The normalized spacial score (nSPS) is 14.8. The zero-order valence-electron chi connectivity index (χ0n) is 20.9. The van der Waals surface area contributed by atoms with Crippen molar-refractivity contribution in [3.63, 3.8) is 0 Å². The minimum atomic E-state index is -1.17. The van der Waals surface area contributed by atoms with E-state index in [4.69, 9.17) is 5.73 Å². The Kier molecular flexibility index (Phi) is 8.49. The molecule has 0 radical (unpaired) electrons. The van der Waals surface area contributed by atoms with Gasteiger partial charge in [-0.25, -0.2) is 17.6 Å². The molecule has 1 fully saturated rings. The van der Waals surface area contributed by atoms with Crippen molar-refractivity contribution in [2.75, 3.05) is 12.3 Å². The standard InChI is InChI=1S/C28H27F4N3O4/c29-17-6-7-18(20(30)14-17)26(37)19-8-9-23(36)35(27(19)33)25-21(31)12-15(13-22(25)32)10-11-34-24(28(38)39)16-4-2-1-3-5-16/h6-9,12-14,16,24,34H,1-5,10-11,33H2,(H,38,39)/t24-/m0/s1. The molecule has 1 aromatic heterocycles. The molecule has 4 rings (SSSR count). The first-order valence-electron chi connectivity index (χ1n) is 12.5. The van der Waals surface area contributed by atoms with Gasteiger partial charge in [0, 0.05) is 12.1 Å². The van der Waals surface area contributed by atoms with E-state index in [2.05, 4.69) is 5.32 Å². The highest BCUT2D eigenvalue weighted by molar-refractivity contribution is 6.11. The molecule has 0 aliphatic heterocycles. The summed E-state index contributed by atoms with van der Waals surface area (Å²) in [5.74, 6) is -6.97. The van der Waals surface area contributed by atoms with Crippen LogP contribution in [0.3, 0.4) is 0 Å². The lowest BCUT2D eigenvalue weighted by Gasteiger charge is -2.28. The largest absolute Gasteiger partial charge is 0.480 e. The van der Waals surface area contributed by atoms with Gasteiger partial charge in [-0.05, 0) is 67.6 Å². The number of anilines is 1. The summed E-state index contributed by atoms with van der Waals surface area (Å²) in [5.41, 5.74) is 3.47. The summed E-state index contributed by atoms with van der Waals surface area (Å²) in [7, 11) is 0. The summed E-state index contributed by atoms with van der Waals surface area (Å²) in [6, 6.07) is 5.36. The Morgan fingerprint density at radius 1 is 0.949 bits per heavy atom. The predicted molar refractivity (Wildman–Crippen MR) is 136 cm³/mol. The highest BCUT2D eigenvalue weighted by atomic mass is 19.1. The first-order valence-corrected chi connectivity index (χ1v) is 12.5. The molecule has 2 aromatic carbocycles. The van der Waals surface area contributed by atoms with Crippen LogP contribution in [0.5, 0.6) is 0 Å². The van der Waals surface area contributed by atoms with Gasteiger partial charge in [-0.3, -0.25) is 19.0 Å². The highest BCUT2D eigenvalue weighted by Gasteiger charge is 2.29. The van der Waals surface area contributed by atoms with E-state index in [0.29, 0.717) is 10.6 Å². The van der Waals surface area contributed by atoms with E-state index in [1.807, 2.05) is 0 Å². The maximum absolute atomic E-state index is 15.2. The second-order valence-corrected chi connectivity index (χ2v) is 9.59. The summed E-state index contributed by atoms with van der Waals surface area (Å²) in [5, 5.41) is 12.6. The second kappa shape index (κ2) is 11.8. The van der Waals surface area contributed by atoms with Gasteiger partial charge in [-0.1, -0.05) is 19.3 Å². The smallest absolute Gasteiger partial charge is 0.320 e. The van der Waals surface area contributed by atoms with Crippen LogP contribution in [0.4, 0.5) is 23.4 Å². The molecule has 1 aliphatic carbocycles. The van der Waals surface area contributed by atoms with Gasteiger partial charge in [-0.2, -0.15) is 0 Å². The van der Waals surface area contributed by atoms with E-state index in [0.717, 1.165) is 68.5 Å². The van der Waals surface area contributed by atoms with Crippen LogP contribution in [-0.4, -0.2) is 34.0 Å². The molecular formula is C28H27F4N3O4. The van der Waals surface area contributed by atoms with Gasteiger partial charge in [0.05, 0.1) is 11.1 Å². The van der Waals surface area contributed by atoms with Gasteiger partial charge in [-0.15, -0.1) is 0 Å². The van der Waals surface area contributed by atoms with Crippen molar-refractivity contribution >= 4 is 17.6 Å². The van der Waals surface area contributed by atoms with Crippen LogP contribution in [0.15, 0.2) is 47.3 Å². The Balaban J connectivity index is 1.58. The highest BCUT2D eigenvalue weighted by Crippen LogP contribution is 2.27. The minimum absolute atomic E-state index is 0.0136. The summed E-state index contributed by atoms with van der Waals surface area (Å²) < 4.78 is 58.2. The number of nitrogens with two attached hydrogens (primary N) is 1. The molecule has 0 bridgehead atoms. The van der Waals surface area contributed by atoms with Crippen LogP contribution in [0, 0.1) is 29.2 Å². The lowest BCUT2D eigenvalue weighted by molar-refractivity contribution is -0.141. The molecule has 0 spiro atoms. The second-order valence-electron chi connectivity index (χ2n) is 9.59. The third-order valence-corrected chi connectivity index (χ3v) is 7.02. The Morgan fingerprint density at radius 3 is 2.21 bits per heavy atom. The van der Waals surface area contributed by atoms with Crippen LogP contribution in [-0.2, 0) is 11.2 Å². The summed E-state index contributed by atoms with van der Waals surface area (Å²) in [6.07, 6.45) is 4.70. The molecule has 0 unspecified atom stereocenters. The van der Waals surface area contributed by atoms with Crippen LogP contribution in [0.25, 0.3) is 5.69 Å². The Bertz CT molecular complexity index is 1440. The van der Waals surface area contributed by atoms with Crippen molar-refractivity contribution in [3.8, 4) is 5.69 Å². The zero-order chi connectivity index (χ0) is 28.3. The number of carbonyl (C=O) groups is 2. The van der Waals surface area contributed by atoms with E-state index in [1.54, 1.807) is 0 Å². The van der Waals surface area contributed by atoms with Crippen molar-refractivity contribution < 1.29 is 32.3 Å². The molecule has 206 valence electrons. The molecular weight excluding hydrogens is 518 g/mol. The quantitative estimate of drug-likeness (QED) is 0.272. The number of nitrogens with one attached hydrogen (secondary N) is 1. The van der Waals surface area contributed by atoms with Gasteiger partial charge in [0.15, 0.2) is 17.4 Å². The van der Waals surface area contributed by atoms with Gasteiger partial charge in [0.1, 0.15) is 29.2 Å². The lowest BCUT2D eigenvalue weighted by atomic mass is 9.84. The Morgan fingerprint density at radius 2 is 1.59 bits per heavy atom. The zero-order valence-corrected chi connectivity index (χ0v) is 20.9. The van der Waals surface area contributed by atoms with Gasteiger partial charge in [0.2, 0.25) is 0 Å².